The van der Waals surface area contributed by atoms with Crippen molar-refractivity contribution in [2.45, 2.75) is 20.8 Å². The van der Waals surface area contributed by atoms with Crippen LogP contribution >= 0.6 is 0 Å². The molecule has 7 nitrogen and oxygen atoms in total. The highest BCUT2D eigenvalue weighted by Crippen LogP contribution is 2.30. The van der Waals surface area contributed by atoms with Gasteiger partial charge >= 0.3 is 0 Å². The number of piperazine rings is 1. The number of phenols is 1. The molecule has 1 aromatic heterocycles. The van der Waals surface area contributed by atoms with Gasteiger partial charge in [0.05, 0.1) is 23.0 Å². The SMILES string of the molecule is CCS(=O)(=O)N1CCN(c2cnc3ccc(-c4cc(C)c(O)c(C)c4)cc3n2)CC1. The normalized spacial score (nSPS) is 15.6. The van der Waals surface area contributed by atoms with Gasteiger partial charge in [-0.2, -0.15) is 4.31 Å². The second-order valence-corrected chi connectivity index (χ2v) is 9.93. The zero-order chi connectivity index (χ0) is 21.5. The summed E-state index contributed by atoms with van der Waals surface area (Å²) < 4.78 is 25.7. The molecule has 1 N–H and O–H groups in total. The van der Waals surface area contributed by atoms with Crippen molar-refractivity contribution in [3.8, 4) is 16.9 Å². The second-order valence-electron chi connectivity index (χ2n) is 7.68. The number of nitrogens with zero attached hydrogens (tertiary/aromatic N) is 4. The fraction of sp³-hybridized carbons (Fsp3) is 0.364. The minimum absolute atomic E-state index is 0.127. The van der Waals surface area contributed by atoms with Crippen molar-refractivity contribution in [1.82, 2.24) is 14.3 Å². The van der Waals surface area contributed by atoms with E-state index < -0.39 is 10.0 Å². The van der Waals surface area contributed by atoms with Crippen molar-refractivity contribution in [2.24, 2.45) is 0 Å². The molecule has 158 valence electrons. The number of aromatic hydroxyl groups is 1. The maximum Gasteiger partial charge on any atom is 0.213 e. The molecule has 0 spiro atoms. The maximum absolute atomic E-state index is 12.1. The predicted molar refractivity (Wildman–Crippen MR) is 119 cm³/mol. The highest BCUT2D eigenvalue weighted by molar-refractivity contribution is 7.89. The largest absolute Gasteiger partial charge is 0.507 e. The van der Waals surface area contributed by atoms with Gasteiger partial charge in [0.1, 0.15) is 11.6 Å². The average Bonchev–Trinajstić information content (AvgIpc) is 2.76. The molecule has 1 fully saturated rings. The van der Waals surface area contributed by atoms with Crippen LogP contribution in [0.25, 0.3) is 22.2 Å². The summed E-state index contributed by atoms with van der Waals surface area (Å²) in [5, 5.41) is 10.0. The molecular weight excluding hydrogens is 400 g/mol. The molecule has 0 bridgehead atoms. The van der Waals surface area contributed by atoms with Crippen molar-refractivity contribution in [3.05, 3.63) is 47.7 Å². The van der Waals surface area contributed by atoms with E-state index in [1.807, 2.05) is 44.2 Å². The van der Waals surface area contributed by atoms with Crippen LogP contribution < -0.4 is 4.90 Å². The first-order valence-electron chi connectivity index (χ1n) is 10.1. The Labute approximate surface area is 177 Å². The first-order valence-corrected chi connectivity index (χ1v) is 11.7. The van der Waals surface area contributed by atoms with Gasteiger partial charge in [-0.3, -0.25) is 4.98 Å². The van der Waals surface area contributed by atoms with Crippen molar-refractivity contribution in [2.75, 3.05) is 36.8 Å². The van der Waals surface area contributed by atoms with Gasteiger partial charge in [-0.25, -0.2) is 13.4 Å². The third-order valence-electron chi connectivity index (χ3n) is 5.67. The standard InChI is InChI=1S/C22H26N4O3S/c1-4-30(28,29)26-9-7-25(8-10-26)21-14-23-19-6-5-17(13-20(19)24-21)18-11-15(2)22(27)16(3)12-18/h5-6,11-14,27H,4,7-10H2,1-3H3. The molecule has 0 amide bonds. The summed E-state index contributed by atoms with van der Waals surface area (Å²) >= 11 is 0. The van der Waals surface area contributed by atoms with Crippen LogP contribution in [0.5, 0.6) is 5.75 Å². The number of hydrogen-bond donors (Lipinski definition) is 1. The first-order chi connectivity index (χ1) is 14.3. The molecule has 1 aliphatic heterocycles. The monoisotopic (exact) mass is 426 g/mol. The van der Waals surface area contributed by atoms with E-state index in [9.17, 15) is 13.5 Å². The lowest BCUT2D eigenvalue weighted by Crippen LogP contribution is -2.49. The molecule has 8 heteroatoms. The Hall–Kier alpha value is -2.71. The van der Waals surface area contributed by atoms with E-state index in [1.165, 1.54) is 0 Å². The summed E-state index contributed by atoms with van der Waals surface area (Å²) in [7, 11) is -3.16. The average molecular weight is 427 g/mol. The van der Waals surface area contributed by atoms with Crippen molar-refractivity contribution < 1.29 is 13.5 Å². The van der Waals surface area contributed by atoms with Crippen molar-refractivity contribution in [3.63, 3.8) is 0 Å². The molecule has 30 heavy (non-hydrogen) atoms. The number of sulfonamides is 1. The molecule has 3 aromatic rings. The molecule has 0 unspecified atom stereocenters. The van der Waals surface area contributed by atoms with Gasteiger partial charge in [0.25, 0.3) is 0 Å². The van der Waals surface area contributed by atoms with Crippen molar-refractivity contribution >= 4 is 26.9 Å². The Balaban J connectivity index is 1.62. The molecule has 1 aliphatic rings. The molecule has 4 rings (SSSR count). The fourth-order valence-electron chi connectivity index (χ4n) is 3.83. The number of benzene rings is 2. The number of aryl methyl sites for hydroxylation is 2. The van der Waals surface area contributed by atoms with Gasteiger partial charge in [0, 0.05) is 26.2 Å². The summed E-state index contributed by atoms with van der Waals surface area (Å²) in [4.78, 5) is 11.4. The van der Waals surface area contributed by atoms with E-state index in [1.54, 1.807) is 17.4 Å². The number of rotatable bonds is 4. The van der Waals surface area contributed by atoms with E-state index in [-0.39, 0.29) is 5.75 Å². The van der Waals surface area contributed by atoms with E-state index in [4.69, 9.17) is 4.98 Å². The Bertz CT molecular complexity index is 1180. The minimum Gasteiger partial charge on any atom is -0.507 e. The number of fused-ring (bicyclic) bond motifs is 1. The Kier molecular flexibility index (Phi) is 5.38. The summed E-state index contributed by atoms with van der Waals surface area (Å²) in [5.41, 5.74) is 5.31. The van der Waals surface area contributed by atoms with Crippen molar-refractivity contribution in [1.29, 1.82) is 0 Å². The van der Waals surface area contributed by atoms with Crippen LogP contribution in [0.15, 0.2) is 36.5 Å². The topological polar surface area (TPSA) is 86.6 Å². The molecule has 1 saturated heterocycles. The van der Waals surface area contributed by atoms with E-state index in [2.05, 4.69) is 9.88 Å². The third kappa shape index (κ3) is 3.85. The van der Waals surface area contributed by atoms with Gasteiger partial charge in [0.2, 0.25) is 10.0 Å². The van der Waals surface area contributed by atoms with Crippen LogP contribution in [-0.4, -0.2) is 59.7 Å². The summed E-state index contributed by atoms with van der Waals surface area (Å²) in [6, 6.07) is 9.90. The molecule has 0 saturated carbocycles. The molecule has 2 heterocycles. The second kappa shape index (κ2) is 7.85. The zero-order valence-electron chi connectivity index (χ0n) is 17.5. The van der Waals surface area contributed by atoms with E-state index in [0.717, 1.165) is 39.1 Å². The van der Waals surface area contributed by atoms with E-state index >= 15 is 0 Å². The maximum atomic E-state index is 12.1. The lowest BCUT2D eigenvalue weighted by atomic mass is 9.99. The van der Waals surface area contributed by atoms with Crippen LogP contribution in [0.2, 0.25) is 0 Å². The predicted octanol–water partition coefficient (Wildman–Crippen LogP) is 3.09. The first kappa shape index (κ1) is 20.6. The molecule has 0 radical (unpaired) electrons. The van der Waals surface area contributed by atoms with Gasteiger partial charge in [-0.05, 0) is 67.3 Å². The van der Waals surface area contributed by atoms with Gasteiger partial charge in [-0.1, -0.05) is 6.07 Å². The Morgan fingerprint density at radius 2 is 1.63 bits per heavy atom. The molecule has 0 aliphatic carbocycles. The minimum atomic E-state index is -3.16. The lowest BCUT2D eigenvalue weighted by Gasteiger charge is -2.34. The van der Waals surface area contributed by atoms with Crippen LogP contribution in [0, 0.1) is 13.8 Å². The number of phenolic OH excluding ortho intramolecular Hbond substituents is 1. The fourth-order valence-corrected chi connectivity index (χ4v) is 4.92. The lowest BCUT2D eigenvalue weighted by molar-refractivity contribution is 0.384. The number of anilines is 1. The Morgan fingerprint density at radius 1 is 0.967 bits per heavy atom. The smallest absolute Gasteiger partial charge is 0.213 e. The number of aromatic nitrogens is 2. The van der Waals surface area contributed by atoms with Gasteiger partial charge in [0.15, 0.2) is 0 Å². The quantitative estimate of drug-likeness (QED) is 0.690. The summed E-state index contributed by atoms with van der Waals surface area (Å²) in [6.07, 6.45) is 1.75. The number of hydrogen-bond acceptors (Lipinski definition) is 6. The molecule has 2 aromatic carbocycles. The third-order valence-corrected chi connectivity index (χ3v) is 7.56. The van der Waals surface area contributed by atoms with Crippen LogP contribution in [0.4, 0.5) is 5.82 Å². The molecular formula is C22H26N4O3S. The summed E-state index contributed by atoms with van der Waals surface area (Å²) in [6.45, 7) is 7.56. The van der Waals surface area contributed by atoms with Gasteiger partial charge < -0.3 is 10.0 Å². The Morgan fingerprint density at radius 3 is 2.27 bits per heavy atom. The molecule has 0 atom stereocenters. The highest BCUT2D eigenvalue weighted by atomic mass is 32.2. The summed E-state index contributed by atoms with van der Waals surface area (Å²) in [5.74, 6) is 1.21. The van der Waals surface area contributed by atoms with Crippen LogP contribution in [-0.2, 0) is 10.0 Å². The van der Waals surface area contributed by atoms with Gasteiger partial charge in [-0.15, -0.1) is 0 Å². The van der Waals surface area contributed by atoms with E-state index in [0.29, 0.717) is 31.9 Å². The highest BCUT2D eigenvalue weighted by Gasteiger charge is 2.26. The van der Waals surface area contributed by atoms with Crippen LogP contribution in [0.3, 0.4) is 0 Å². The zero-order valence-corrected chi connectivity index (χ0v) is 18.3. The van der Waals surface area contributed by atoms with Crippen LogP contribution in [0.1, 0.15) is 18.1 Å².